The Bertz CT molecular complexity index is 990. The van der Waals surface area contributed by atoms with Crippen molar-refractivity contribution in [2.24, 2.45) is 0 Å². The average Bonchev–Trinajstić information content (AvgIpc) is 2.98. The molecule has 0 aliphatic heterocycles. The minimum atomic E-state index is -0.470. The summed E-state index contributed by atoms with van der Waals surface area (Å²) in [5.74, 6) is 0.403. The van der Waals surface area contributed by atoms with E-state index < -0.39 is 4.92 Å². The molecule has 0 aliphatic rings. The van der Waals surface area contributed by atoms with E-state index in [4.69, 9.17) is 0 Å². The van der Waals surface area contributed by atoms with Crippen LogP contribution < -0.4 is 4.90 Å². The average molecular weight is 342 g/mol. The zero-order valence-electron chi connectivity index (χ0n) is 13.0. The van der Waals surface area contributed by atoms with E-state index in [-0.39, 0.29) is 5.69 Å². The molecule has 0 unspecified atom stereocenters. The predicted octanol–water partition coefficient (Wildman–Crippen LogP) is 2.32. The molecule has 0 bridgehead atoms. The lowest BCUT2D eigenvalue weighted by atomic mass is 10.1. The number of nitrogens with zero attached hydrogens (tertiary/aromatic N) is 3. The van der Waals surface area contributed by atoms with E-state index in [1.54, 1.807) is 6.07 Å². The van der Waals surface area contributed by atoms with Crippen molar-refractivity contribution in [3.63, 3.8) is 0 Å². The van der Waals surface area contributed by atoms with Crippen molar-refractivity contribution in [3.8, 4) is 0 Å². The molecule has 1 heterocycles. The number of aromatic nitrogens is 2. The zero-order chi connectivity index (χ0) is 17.3. The van der Waals surface area contributed by atoms with E-state index in [1.807, 2.05) is 43.3 Å². The second-order valence-electron chi connectivity index (χ2n) is 5.37. The predicted molar refractivity (Wildman–Crippen MR) is 94.9 cm³/mol. The molecule has 7 nitrogen and oxygen atoms in total. The molecule has 2 aromatic carbocycles. The number of anilines is 1. The van der Waals surface area contributed by atoms with Gasteiger partial charge in [0, 0.05) is 37.5 Å². The Balaban J connectivity index is 2.15. The number of hydrogen-bond acceptors (Lipinski definition) is 5. The maximum Gasteiger partial charge on any atom is 0.271 e. The summed E-state index contributed by atoms with van der Waals surface area (Å²) in [6, 6.07) is 11.9. The van der Waals surface area contributed by atoms with Crippen molar-refractivity contribution in [2.45, 2.75) is 0 Å². The summed E-state index contributed by atoms with van der Waals surface area (Å²) in [6.07, 6.45) is 0. The Hall–Kier alpha value is -3.00. The van der Waals surface area contributed by atoms with E-state index in [2.05, 4.69) is 9.97 Å². The summed E-state index contributed by atoms with van der Waals surface area (Å²) < 4.78 is 11.8. The first-order valence-corrected chi connectivity index (χ1v) is 7.83. The molecule has 0 radical (unpaired) electrons. The molecule has 0 aliphatic carbocycles. The van der Waals surface area contributed by atoms with Crippen molar-refractivity contribution < 1.29 is 9.13 Å². The van der Waals surface area contributed by atoms with Gasteiger partial charge in [-0.05, 0) is 12.1 Å². The molecule has 0 atom stereocenters. The maximum atomic E-state index is 11.8. The highest BCUT2D eigenvalue weighted by Crippen LogP contribution is 2.23. The lowest BCUT2D eigenvalue weighted by Gasteiger charge is -2.16. The highest BCUT2D eigenvalue weighted by atomic mass is 32.1. The largest absolute Gasteiger partial charge is 0.377 e. The summed E-state index contributed by atoms with van der Waals surface area (Å²) in [5.41, 5.74) is 2.71. The van der Waals surface area contributed by atoms with E-state index in [9.17, 15) is 14.3 Å². The van der Waals surface area contributed by atoms with Crippen molar-refractivity contribution in [2.75, 3.05) is 19.0 Å². The summed E-state index contributed by atoms with van der Waals surface area (Å²) >= 11 is 0.346. The van der Waals surface area contributed by atoms with Crippen molar-refractivity contribution in [3.05, 3.63) is 64.0 Å². The fourth-order valence-corrected chi connectivity index (χ4v) is 2.92. The standard InChI is InChI=1S/C16H14N4O3S/c1-19(2)14-6-4-3-5-11(14)15(24-23)16-17-12-8-7-10(20(21)22)9-13(12)18-16/h3-9H,1-2H3,(H,17,18). The van der Waals surface area contributed by atoms with Gasteiger partial charge < -0.3 is 9.88 Å². The topological polar surface area (TPSA) is 92.1 Å². The third-order valence-electron chi connectivity index (χ3n) is 3.61. The smallest absolute Gasteiger partial charge is 0.271 e. The molecule has 8 heteroatoms. The minimum Gasteiger partial charge on any atom is -0.377 e. The molecule has 0 fully saturated rings. The Morgan fingerprint density at radius 3 is 2.67 bits per heavy atom. The molecule has 1 N–H and O–H groups in total. The number of nitrogens with one attached hydrogen (secondary N) is 1. The number of rotatable bonds is 4. The Kier molecular flexibility index (Phi) is 4.13. The van der Waals surface area contributed by atoms with Crippen LogP contribution in [0, 0.1) is 10.1 Å². The molecular weight excluding hydrogens is 328 g/mol. The lowest BCUT2D eigenvalue weighted by molar-refractivity contribution is -0.384. The van der Waals surface area contributed by atoms with Gasteiger partial charge in [-0.15, -0.1) is 0 Å². The van der Waals surface area contributed by atoms with Gasteiger partial charge in [-0.25, -0.2) is 9.19 Å². The second-order valence-corrected chi connectivity index (χ2v) is 5.94. The van der Waals surface area contributed by atoms with Crippen LogP contribution >= 0.6 is 0 Å². The van der Waals surface area contributed by atoms with Gasteiger partial charge in [0.05, 0.1) is 16.0 Å². The summed E-state index contributed by atoms with van der Waals surface area (Å²) in [5, 5.41) is 10.9. The zero-order valence-corrected chi connectivity index (χ0v) is 13.8. The van der Waals surface area contributed by atoms with Crippen molar-refractivity contribution in [1.29, 1.82) is 0 Å². The maximum absolute atomic E-state index is 11.8. The van der Waals surface area contributed by atoms with Crippen LogP contribution in [0.3, 0.4) is 0 Å². The van der Waals surface area contributed by atoms with Gasteiger partial charge in [0.25, 0.3) is 5.69 Å². The number of nitro benzene ring substituents is 1. The van der Waals surface area contributed by atoms with E-state index in [0.29, 0.717) is 33.0 Å². The van der Waals surface area contributed by atoms with Crippen molar-refractivity contribution in [1.82, 2.24) is 9.97 Å². The number of nitro groups is 1. The first-order chi connectivity index (χ1) is 11.5. The third kappa shape index (κ3) is 2.79. The van der Waals surface area contributed by atoms with Gasteiger partial charge in [0.2, 0.25) is 0 Å². The van der Waals surface area contributed by atoms with Crippen LogP contribution in [0.1, 0.15) is 11.4 Å². The van der Waals surface area contributed by atoms with Crippen LogP contribution in [-0.4, -0.2) is 38.1 Å². The van der Waals surface area contributed by atoms with E-state index in [1.165, 1.54) is 12.1 Å². The number of non-ortho nitro benzene ring substituents is 1. The molecule has 0 amide bonds. The van der Waals surface area contributed by atoms with Crippen LogP contribution in [0.4, 0.5) is 11.4 Å². The van der Waals surface area contributed by atoms with E-state index in [0.717, 1.165) is 11.3 Å². The SMILES string of the molecule is CN(C)c1ccccc1C(=S=O)c1nc2cc([N+](=O)[O-])ccc2[nH]1. The van der Waals surface area contributed by atoms with Gasteiger partial charge >= 0.3 is 0 Å². The monoisotopic (exact) mass is 342 g/mol. The summed E-state index contributed by atoms with van der Waals surface area (Å²) in [7, 11) is 3.79. The number of para-hydroxylation sites is 1. The molecule has 3 rings (SSSR count). The number of aromatic amines is 1. The fraction of sp³-hybridized carbons (Fsp3) is 0.125. The Morgan fingerprint density at radius 2 is 2.00 bits per heavy atom. The quantitative estimate of drug-likeness (QED) is 0.340. The minimum absolute atomic E-state index is 0.0365. The molecule has 24 heavy (non-hydrogen) atoms. The van der Waals surface area contributed by atoms with Gasteiger partial charge in [-0.1, -0.05) is 18.2 Å². The Morgan fingerprint density at radius 1 is 1.25 bits per heavy atom. The van der Waals surface area contributed by atoms with Crippen molar-refractivity contribution >= 4 is 38.5 Å². The summed E-state index contributed by atoms with van der Waals surface area (Å²) in [4.78, 5) is 20.2. The molecule has 0 saturated carbocycles. The van der Waals surface area contributed by atoms with Crippen LogP contribution in [0.25, 0.3) is 11.0 Å². The van der Waals surface area contributed by atoms with Crippen LogP contribution in [0.5, 0.6) is 0 Å². The van der Waals surface area contributed by atoms with Gasteiger partial charge in [0.1, 0.15) is 16.1 Å². The number of H-pyrrole nitrogens is 1. The summed E-state index contributed by atoms with van der Waals surface area (Å²) in [6.45, 7) is 0. The Labute approximate surface area is 141 Å². The van der Waals surface area contributed by atoms with Crippen LogP contribution in [0.15, 0.2) is 42.5 Å². The van der Waals surface area contributed by atoms with Gasteiger partial charge in [0.15, 0.2) is 5.82 Å². The second kappa shape index (κ2) is 6.25. The number of imidazole rings is 1. The van der Waals surface area contributed by atoms with Gasteiger partial charge in [-0.2, -0.15) is 0 Å². The van der Waals surface area contributed by atoms with Gasteiger partial charge in [-0.3, -0.25) is 10.1 Å². The molecule has 1 aromatic heterocycles. The van der Waals surface area contributed by atoms with Crippen LogP contribution in [-0.2, 0) is 11.3 Å². The molecule has 0 spiro atoms. The number of benzene rings is 2. The highest BCUT2D eigenvalue weighted by molar-refractivity contribution is 7.67. The third-order valence-corrected chi connectivity index (χ3v) is 4.19. The molecule has 122 valence electrons. The van der Waals surface area contributed by atoms with Crippen LogP contribution in [0.2, 0.25) is 0 Å². The molecule has 3 aromatic rings. The molecule has 0 saturated heterocycles. The molecular formula is C16H14N4O3S. The fourth-order valence-electron chi connectivity index (χ4n) is 2.48. The first-order valence-electron chi connectivity index (χ1n) is 7.09. The lowest BCUT2D eigenvalue weighted by Crippen LogP contribution is -2.15. The number of fused-ring (bicyclic) bond motifs is 1. The highest BCUT2D eigenvalue weighted by Gasteiger charge is 2.17. The normalized spacial score (nSPS) is 10.6. The first kappa shape index (κ1) is 15.9. The number of hydrogen-bond donors (Lipinski definition) is 1. The van der Waals surface area contributed by atoms with E-state index >= 15 is 0 Å².